The van der Waals surface area contributed by atoms with Crippen LogP contribution >= 0.6 is 0 Å². The molecule has 1 aliphatic carbocycles. The Kier molecular flexibility index (Phi) is 5.56. The minimum Gasteiger partial charge on any atom is -0.450 e. The van der Waals surface area contributed by atoms with Gasteiger partial charge >= 0.3 is 6.09 Å². The molecule has 0 radical (unpaired) electrons. The van der Waals surface area contributed by atoms with Gasteiger partial charge in [-0.25, -0.2) is 4.79 Å². The average molecular weight is 351 g/mol. The van der Waals surface area contributed by atoms with Crippen LogP contribution in [0.1, 0.15) is 40.5 Å². The van der Waals surface area contributed by atoms with E-state index in [1.54, 1.807) is 0 Å². The number of likely N-dealkylation sites (tertiary alicyclic amines) is 2. The SMILES string of the molecule is CCOC(=O)N1CCC(N2C[C@@H]3[C@H](C2)[C@H]3C(=O)N(CC)C(C)C)CC1. The van der Waals surface area contributed by atoms with E-state index in [9.17, 15) is 9.59 Å². The largest absolute Gasteiger partial charge is 0.450 e. The number of carbonyl (C=O) groups is 2. The van der Waals surface area contributed by atoms with Gasteiger partial charge in [0, 0.05) is 50.7 Å². The summed E-state index contributed by atoms with van der Waals surface area (Å²) < 4.78 is 5.09. The molecule has 0 bridgehead atoms. The molecule has 3 atom stereocenters. The molecule has 0 unspecified atom stereocenters. The van der Waals surface area contributed by atoms with Gasteiger partial charge in [0.15, 0.2) is 0 Å². The number of hydrogen-bond donors (Lipinski definition) is 0. The van der Waals surface area contributed by atoms with Crippen LogP contribution in [0.25, 0.3) is 0 Å². The van der Waals surface area contributed by atoms with Crippen molar-refractivity contribution in [1.82, 2.24) is 14.7 Å². The van der Waals surface area contributed by atoms with Gasteiger partial charge in [0.25, 0.3) is 0 Å². The van der Waals surface area contributed by atoms with Crippen LogP contribution in [0.15, 0.2) is 0 Å². The van der Waals surface area contributed by atoms with Gasteiger partial charge in [-0.05, 0) is 52.4 Å². The van der Waals surface area contributed by atoms with Crippen molar-refractivity contribution in [2.45, 2.75) is 52.6 Å². The Balaban J connectivity index is 1.45. The third-order valence-corrected chi connectivity index (χ3v) is 6.26. The van der Waals surface area contributed by atoms with Crippen molar-refractivity contribution in [2.24, 2.45) is 17.8 Å². The zero-order chi connectivity index (χ0) is 18.1. The first-order chi connectivity index (χ1) is 12.0. The third-order valence-electron chi connectivity index (χ3n) is 6.26. The van der Waals surface area contributed by atoms with E-state index in [4.69, 9.17) is 4.74 Å². The van der Waals surface area contributed by atoms with Gasteiger partial charge in [-0.1, -0.05) is 0 Å². The number of fused-ring (bicyclic) bond motifs is 1. The van der Waals surface area contributed by atoms with Crippen LogP contribution in [0.3, 0.4) is 0 Å². The summed E-state index contributed by atoms with van der Waals surface area (Å²) in [5.41, 5.74) is 0. The number of ether oxygens (including phenoxy) is 1. The number of rotatable bonds is 5. The Hall–Kier alpha value is -1.30. The Morgan fingerprint density at radius 1 is 1.12 bits per heavy atom. The predicted molar refractivity (Wildman–Crippen MR) is 96.2 cm³/mol. The molecule has 3 fully saturated rings. The van der Waals surface area contributed by atoms with E-state index < -0.39 is 0 Å². The van der Waals surface area contributed by atoms with Crippen LogP contribution in [0.5, 0.6) is 0 Å². The summed E-state index contributed by atoms with van der Waals surface area (Å²) in [6.07, 6.45) is 1.86. The number of piperidine rings is 2. The van der Waals surface area contributed by atoms with E-state index in [-0.39, 0.29) is 12.0 Å². The quantitative estimate of drug-likeness (QED) is 0.761. The number of carbonyl (C=O) groups excluding carboxylic acids is 2. The molecule has 0 N–H and O–H groups in total. The molecule has 6 nitrogen and oxygen atoms in total. The van der Waals surface area contributed by atoms with Gasteiger partial charge in [-0.2, -0.15) is 0 Å². The summed E-state index contributed by atoms with van der Waals surface area (Å²) in [4.78, 5) is 30.9. The van der Waals surface area contributed by atoms with E-state index in [1.165, 1.54) is 0 Å². The Morgan fingerprint density at radius 3 is 2.20 bits per heavy atom. The van der Waals surface area contributed by atoms with Crippen LogP contribution in [-0.2, 0) is 9.53 Å². The van der Waals surface area contributed by atoms with Crippen molar-refractivity contribution in [1.29, 1.82) is 0 Å². The zero-order valence-corrected chi connectivity index (χ0v) is 16.1. The molecule has 6 heteroatoms. The molecule has 2 saturated heterocycles. The molecule has 0 aromatic heterocycles. The molecular formula is C19H33N3O3. The molecule has 0 spiro atoms. The molecular weight excluding hydrogens is 318 g/mol. The lowest BCUT2D eigenvalue weighted by Crippen LogP contribution is -2.47. The monoisotopic (exact) mass is 351 g/mol. The molecule has 1 saturated carbocycles. The summed E-state index contributed by atoms with van der Waals surface area (Å²) >= 11 is 0. The molecule has 142 valence electrons. The molecule has 0 aromatic rings. The molecule has 2 heterocycles. The Bertz CT molecular complexity index is 490. The number of hydrogen-bond acceptors (Lipinski definition) is 4. The first-order valence-electron chi connectivity index (χ1n) is 9.94. The third kappa shape index (κ3) is 3.64. The van der Waals surface area contributed by atoms with Crippen molar-refractivity contribution in [3.8, 4) is 0 Å². The second-order valence-corrected chi connectivity index (χ2v) is 7.94. The fourth-order valence-corrected chi connectivity index (χ4v) is 4.82. The fraction of sp³-hybridized carbons (Fsp3) is 0.895. The minimum absolute atomic E-state index is 0.177. The van der Waals surface area contributed by atoms with E-state index in [0.717, 1.165) is 45.6 Å². The van der Waals surface area contributed by atoms with Gasteiger partial charge in [0.1, 0.15) is 0 Å². The highest BCUT2D eigenvalue weighted by atomic mass is 16.6. The molecule has 25 heavy (non-hydrogen) atoms. The van der Waals surface area contributed by atoms with Crippen molar-refractivity contribution >= 4 is 12.0 Å². The van der Waals surface area contributed by atoms with Gasteiger partial charge in [0.05, 0.1) is 6.61 Å². The van der Waals surface area contributed by atoms with Crippen LogP contribution in [0.2, 0.25) is 0 Å². The predicted octanol–water partition coefficient (Wildman–Crippen LogP) is 2.04. The molecule has 2 amide bonds. The normalized spacial score (nSPS) is 29.6. The standard InChI is InChI=1S/C19H33N3O3/c1-5-22(13(3)4)18(23)17-15-11-21(12-16(15)17)14-7-9-20(10-8-14)19(24)25-6-2/h13-17H,5-12H2,1-4H3/t15-,16+,17+. The summed E-state index contributed by atoms with van der Waals surface area (Å²) in [6.45, 7) is 13.0. The maximum absolute atomic E-state index is 12.7. The maximum Gasteiger partial charge on any atom is 0.409 e. The van der Waals surface area contributed by atoms with Crippen LogP contribution < -0.4 is 0 Å². The first-order valence-corrected chi connectivity index (χ1v) is 9.94. The van der Waals surface area contributed by atoms with Crippen molar-refractivity contribution in [2.75, 3.05) is 39.3 Å². The summed E-state index contributed by atoms with van der Waals surface area (Å²) in [6, 6.07) is 0.851. The van der Waals surface area contributed by atoms with Gasteiger partial charge in [-0.3, -0.25) is 9.69 Å². The molecule has 3 aliphatic rings. The van der Waals surface area contributed by atoms with Crippen LogP contribution in [0, 0.1) is 17.8 Å². The average Bonchev–Trinajstić information content (AvgIpc) is 3.09. The van der Waals surface area contributed by atoms with E-state index >= 15 is 0 Å². The second kappa shape index (κ2) is 7.52. The van der Waals surface area contributed by atoms with E-state index in [1.807, 2.05) is 16.7 Å². The lowest BCUT2D eigenvalue weighted by Gasteiger charge is -2.37. The minimum atomic E-state index is -0.177. The molecule has 2 aliphatic heterocycles. The smallest absolute Gasteiger partial charge is 0.409 e. The van der Waals surface area contributed by atoms with Crippen molar-refractivity contribution in [3.63, 3.8) is 0 Å². The lowest BCUT2D eigenvalue weighted by atomic mass is 10.0. The summed E-state index contributed by atoms with van der Waals surface area (Å²) in [5, 5.41) is 0. The fourth-order valence-electron chi connectivity index (χ4n) is 4.82. The van der Waals surface area contributed by atoms with E-state index in [0.29, 0.717) is 36.4 Å². The number of amides is 2. The highest BCUT2D eigenvalue weighted by Crippen LogP contribution is 2.53. The van der Waals surface area contributed by atoms with Crippen LogP contribution in [-0.4, -0.2) is 78.1 Å². The topological polar surface area (TPSA) is 53.1 Å². The highest BCUT2D eigenvalue weighted by molar-refractivity contribution is 5.83. The lowest BCUT2D eigenvalue weighted by molar-refractivity contribution is -0.135. The van der Waals surface area contributed by atoms with Crippen LogP contribution in [0.4, 0.5) is 4.79 Å². The summed E-state index contributed by atoms with van der Waals surface area (Å²) in [7, 11) is 0. The van der Waals surface area contributed by atoms with Gasteiger partial charge in [0.2, 0.25) is 5.91 Å². The second-order valence-electron chi connectivity index (χ2n) is 7.94. The zero-order valence-electron chi connectivity index (χ0n) is 16.1. The maximum atomic E-state index is 12.7. The van der Waals surface area contributed by atoms with Crippen molar-refractivity contribution < 1.29 is 14.3 Å². The number of nitrogens with zero attached hydrogens (tertiary/aromatic N) is 3. The molecule has 0 aromatic carbocycles. The Morgan fingerprint density at radius 2 is 1.72 bits per heavy atom. The van der Waals surface area contributed by atoms with Crippen molar-refractivity contribution in [3.05, 3.63) is 0 Å². The highest BCUT2D eigenvalue weighted by Gasteiger charge is 2.60. The summed E-state index contributed by atoms with van der Waals surface area (Å²) in [5.74, 6) is 1.74. The van der Waals surface area contributed by atoms with Gasteiger partial charge in [-0.15, -0.1) is 0 Å². The molecule has 3 rings (SSSR count). The van der Waals surface area contributed by atoms with E-state index in [2.05, 4.69) is 25.7 Å². The van der Waals surface area contributed by atoms with Gasteiger partial charge < -0.3 is 14.5 Å². The Labute approximate surface area is 151 Å². The first kappa shape index (κ1) is 18.5.